The highest BCUT2D eigenvalue weighted by Gasteiger charge is 2.35. The molecule has 0 radical (unpaired) electrons. The third-order valence-corrected chi connectivity index (χ3v) is 5.12. The van der Waals surface area contributed by atoms with Crippen LogP contribution in [0.1, 0.15) is 69.7 Å². The number of hydrogen-bond acceptors (Lipinski definition) is 3. The molecule has 1 heterocycles. The molecule has 1 atom stereocenters. The van der Waals surface area contributed by atoms with Crippen LogP contribution in [0.25, 0.3) is 0 Å². The van der Waals surface area contributed by atoms with Crippen molar-refractivity contribution < 1.29 is 14.6 Å². The smallest absolute Gasteiger partial charge is 0.339 e. The van der Waals surface area contributed by atoms with Gasteiger partial charge in [0.2, 0.25) is 0 Å². The minimum atomic E-state index is -0.401. The Morgan fingerprint density at radius 2 is 1.48 bits per heavy atom. The van der Waals surface area contributed by atoms with Crippen molar-refractivity contribution in [2.24, 2.45) is 0 Å². The number of fused-ring (bicyclic) bond motifs is 1. The lowest BCUT2D eigenvalue weighted by Crippen LogP contribution is -2.25. The lowest BCUT2D eigenvalue weighted by molar-refractivity contribution is -0.131. The number of benzene rings is 2. The summed E-state index contributed by atoms with van der Waals surface area (Å²) in [5, 5.41) is 11.0. The zero-order valence-corrected chi connectivity index (χ0v) is 17.0. The molecule has 1 aliphatic heterocycles. The number of carbonyl (C=O) groups is 1. The molecule has 0 aromatic heterocycles. The highest BCUT2D eigenvalue weighted by Crippen LogP contribution is 2.46. The summed E-state index contributed by atoms with van der Waals surface area (Å²) < 4.78 is 5.43. The molecule has 1 aliphatic rings. The summed E-state index contributed by atoms with van der Waals surface area (Å²) in [7, 11) is 0. The minimum absolute atomic E-state index is 0.240. The first-order valence-corrected chi connectivity index (χ1v) is 9.29. The van der Waals surface area contributed by atoms with E-state index in [1.54, 1.807) is 0 Å². The Kier molecular flexibility index (Phi) is 4.46. The van der Waals surface area contributed by atoms with Crippen LogP contribution in [0.15, 0.2) is 48.6 Å². The molecule has 27 heavy (non-hydrogen) atoms. The van der Waals surface area contributed by atoms with Gasteiger partial charge in [0.25, 0.3) is 0 Å². The molecular weight excluding hydrogens is 336 g/mol. The first kappa shape index (κ1) is 19.2. The Labute approximate surface area is 161 Å². The van der Waals surface area contributed by atoms with E-state index in [9.17, 15) is 9.90 Å². The van der Waals surface area contributed by atoms with Gasteiger partial charge in [-0.1, -0.05) is 78.5 Å². The normalized spacial score (nSPS) is 17.5. The molecule has 142 valence electrons. The van der Waals surface area contributed by atoms with E-state index in [2.05, 4.69) is 48.1 Å². The number of phenols is 1. The standard InChI is InChI=1S/C24H28O3/c1-14-20(16-10-8-9-11-19(16)27-22(14)26)15-12-17(23(2,3)4)21(25)18(13-15)24(5,6)7/h8-13,20,25H,1H2,2-7H3/t20-/m0/s1. The van der Waals surface area contributed by atoms with Crippen LogP contribution >= 0.6 is 0 Å². The maximum absolute atomic E-state index is 12.4. The zero-order valence-electron chi connectivity index (χ0n) is 17.0. The lowest BCUT2D eigenvalue weighted by Gasteiger charge is -2.32. The summed E-state index contributed by atoms with van der Waals surface area (Å²) in [6.45, 7) is 16.5. The second-order valence-corrected chi connectivity index (χ2v) is 9.35. The van der Waals surface area contributed by atoms with Gasteiger partial charge >= 0.3 is 5.97 Å². The number of rotatable bonds is 1. The van der Waals surface area contributed by atoms with Gasteiger partial charge in [-0.05, 0) is 33.6 Å². The van der Waals surface area contributed by atoms with Gasteiger partial charge in [0.15, 0.2) is 0 Å². The Morgan fingerprint density at radius 3 is 2.00 bits per heavy atom. The Morgan fingerprint density at radius 1 is 0.963 bits per heavy atom. The number of esters is 1. The topological polar surface area (TPSA) is 46.5 Å². The second kappa shape index (κ2) is 6.26. The van der Waals surface area contributed by atoms with Crippen molar-refractivity contribution in [1.29, 1.82) is 0 Å². The van der Waals surface area contributed by atoms with Crippen LogP contribution in [0.3, 0.4) is 0 Å². The van der Waals surface area contributed by atoms with E-state index in [1.165, 1.54) is 0 Å². The summed E-state index contributed by atoms with van der Waals surface area (Å²) in [5.41, 5.74) is 3.55. The second-order valence-electron chi connectivity index (χ2n) is 9.35. The maximum atomic E-state index is 12.4. The predicted molar refractivity (Wildman–Crippen MR) is 109 cm³/mol. The molecular formula is C24H28O3. The van der Waals surface area contributed by atoms with E-state index in [0.29, 0.717) is 17.1 Å². The third-order valence-electron chi connectivity index (χ3n) is 5.12. The molecule has 3 heteroatoms. The van der Waals surface area contributed by atoms with Gasteiger partial charge in [-0.3, -0.25) is 0 Å². The summed E-state index contributed by atoms with van der Waals surface area (Å²) in [4.78, 5) is 12.4. The van der Waals surface area contributed by atoms with Gasteiger partial charge < -0.3 is 9.84 Å². The Hall–Kier alpha value is -2.55. The van der Waals surface area contributed by atoms with Crippen molar-refractivity contribution >= 4 is 5.97 Å². The predicted octanol–water partition coefficient (Wildman–Crippen LogP) is 5.59. The van der Waals surface area contributed by atoms with Crippen molar-refractivity contribution in [3.8, 4) is 11.5 Å². The molecule has 0 saturated carbocycles. The summed E-state index contributed by atoms with van der Waals surface area (Å²) >= 11 is 0. The van der Waals surface area contributed by atoms with Crippen molar-refractivity contribution in [2.75, 3.05) is 0 Å². The number of phenolic OH excluding ortho intramolecular Hbond substituents is 1. The molecule has 2 aromatic rings. The van der Waals surface area contributed by atoms with E-state index in [0.717, 1.165) is 22.3 Å². The molecule has 0 spiro atoms. The fraction of sp³-hybridized carbons (Fsp3) is 0.375. The van der Waals surface area contributed by atoms with Crippen LogP contribution < -0.4 is 4.74 Å². The maximum Gasteiger partial charge on any atom is 0.339 e. The van der Waals surface area contributed by atoms with Crippen molar-refractivity contribution in [3.63, 3.8) is 0 Å². The van der Waals surface area contributed by atoms with Crippen LogP contribution in [-0.2, 0) is 15.6 Å². The van der Waals surface area contributed by atoms with Crippen LogP contribution in [0.2, 0.25) is 0 Å². The van der Waals surface area contributed by atoms with Gasteiger partial charge in [0.05, 0.1) is 0 Å². The van der Waals surface area contributed by atoms with Crippen LogP contribution in [0, 0.1) is 0 Å². The Balaban J connectivity index is 2.31. The summed E-state index contributed by atoms with van der Waals surface area (Å²) in [6, 6.07) is 11.6. The van der Waals surface area contributed by atoms with E-state index >= 15 is 0 Å². The first-order chi connectivity index (χ1) is 12.4. The molecule has 1 N–H and O–H groups in total. The monoisotopic (exact) mass is 364 g/mol. The lowest BCUT2D eigenvalue weighted by atomic mass is 9.74. The molecule has 3 nitrogen and oxygen atoms in total. The van der Waals surface area contributed by atoms with Gasteiger partial charge in [0.1, 0.15) is 11.5 Å². The highest BCUT2D eigenvalue weighted by atomic mass is 16.5. The van der Waals surface area contributed by atoms with Gasteiger partial charge in [-0.15, -0.1) is 0 Å². The molecule has 3 rings (SSSR count). The number of para-hydroxylation sites is 1. The van der Waals surface area contributed by atoms with Crippen LogP contribution in [0.5, 0.6) is 11.5 Å². The average Bonchev–Trinajstić information content (AvgIpc) is 2.54. The SMILES string of the molecule is C=C1C(=O)Oc2ccccc2[C@@H]1c1cc(C(C)(C)C)c(O)c(C(C)(C)C)c1. The first-order valence-electron chi connectivity index (χ1n) is 9.29. The summed E-state index contributed by atoms with van der Waals surface area (Å²) in [5.74, 6) is 0.213. The molecule has 0 amide bonds. The molecule has 0 bridgehead atoms. The van der Waals surface area contributed by atoms with Crippen molar-refractivity contribution in [2.45, 2.75) is 58.3 Å². The van der Waals surface area contributed by atoms with Crippen LogP contribution in [-0.4, -0.2) is 11.1 Å². The number of hydrogen-bond donors (Lipinski definition) is 1. The van der Waals surface area contributed by atoms with Gasteiger partial charge in [-0.25, -0.2) is 4.79 Å². The van der Waals surface area contributed by atoms with Crippen LogP contribution in [0.4, 0.5) is 0 Å². The van der Waals surface area contributed by atoms with Crippen molar-refractivity contribution in [3.05, 3.63) is 70.8 Å². The molecule has 0 saturated heterocycles. The quantitative estimate of drug-likeness (QED) is 0.407. The summed E-state index contributed by atoms with van der Waals surface area (Å²) in [6.07, 6.45) is 0. The molecule has 0 aliphatic carbocycles. The van der Waals surface area contributed by atoms with E-state index in [1.807, 2.05) is 36.4 Å². The Bertz CT molecular complexity index is 888. The largest absolute Gasteiger partial charge is 0.507 e. The average molecular weight is 364 g/mol. The van der Waals surface area contributed by atoms with E-state index < -0.39 is 5.97 Å². The number of aromatic hydroxyl groups is 1. The fourth-order valence-electron chi connectivity index (χ4n) is 3.63. The number of carbonyl (C=O) groups excluding carboxylic acids is 1. The van der Waals surface area contributed by atoms with E-state index in [-0.39, 0.29) is 16.7 Å². The zero-order chi connectivity index (χ0) is 20.1. The van der Waals surface area contributed by atoms with Gasteiger partial charge in [0, 0.05) is 17.1 Å². The minimum Gasteiger partial charge on any atom is -0.507 e. The number of ether oxygens (including phenoxy) is 1. The molecule has 0 fully saturated rings. The molecule has 0 unspecified atom stereocenters. The molecule has 2 aromatic carbocycles. The van der Waals surface area contributed by atoms with E-state index in [4.69, 9.17) is 4.74 Å². The van der Waals surface area contributed by atoms with Gasteiger partial charge in [-0.2, -0.15) is 0 Å². The van der Waals surface area contributed by atoms with Crippen molar-refractivity contribution in [1.82, 2.24) is 0 Å². The third kappa shape index (κ3) is 3.39. The highest BCUT2D eigenvalue weighted by molar-refractivity contribution is 5.94. The fourth-order valence-corrected chi connectivity index (χ4v) is 3.63.